The topological polar surface area (TPSA) is 12.0 Å². The molecule has 0 amide bonds. The molecule has 1 fully saturated rings. The Morgan fingerprint density at radius 3 is 2.73 bits per heavy atom. The highest BCUT2D eigenvalue weighted by atomic mass is 33.1. The monoisotopic (exact) mass is 239 g/mol. The lowest BCUT2D eigenvalue weighted by molar-refractivity contribution is 0.912. The van der Waals surface area contributed by atoms with Crippen molar-refractivity contribution in [3.8, 4) is 0 Å². The molecule has 15 heavy (non-hydrogen) atoms. The van der Waals surface area contributed by atoms with Crippen molar-refractivity contribution in [1.29, 1.82) is 0 Å². The van der Waals surface area contributed by atoms with Gasteiger partial charge in [-0.15, -0.1) is 0 Å². The zero-order chi connectivity index (χ0) is 10.3. The van der Waals surface area contributed by atoms with E-state index in [0.717, 1.165) is 18.9 Å². The van der Waals surface area contributed by atoms with E-state index in [9.17, 15) is 0 Å². The highest BCUT2D eigenvalue weighted by molar-refractivity contribution is 8.76. The Bertz CT molecular complexity index is 272. The maximum absolute atomic E-state index is 3.40. The van der Waals surface area contributed by atoms with Crippen molar-refractivity contribution in [2.75, 3.05) is 12.3 Å². The highest BCUT2D eigenvalue weighted by Gasteiger charge is 2.20. The van der Waals surface area contributed by atoms with E-state index in [1.165, 1.54) is 24.2 Å². The van der Waals surface area contributed by atoms with Crippen LogP contribution in [-0.2, 0) is 6.42 Å². The molecule has 0 saturated heterocycles. The predicted octanol–water partition coefficient (Wildman–Crippen LogP) is 3.53. The SMILES string of the molecule is c1ccc(CCNSSCC2CC2)cc1. The van der Waals surface area contributed by atoms with Gasteiger partial charge < -0.3 is 0 Å². The molecule has 0 aromatic heterocycles. The first-order valence-electron chi connectivity index (χ1n) is 5.50. The first-order valence-corrected chi connectivity index (χ1v) is 7.82. The van der Waals surface area contributed by atoms with Crippen molar-refractivity contribution >= 4 is 21.8 Å². The van der Waals surface area contributed by atoms with Crippen molar-refractivity contribution in [2.45, 2.75) is 19.3 Å². The minimum Gasteiger partial charge on any atom is -0.254 e. The standard InChI is InChI=1S/C12H17NS2/c1-2-4-11(5-3-1)8-9-13-15-14-10-12-6-7-12/h1-5,12-13H,6-10H2. The van der Waals surface area contributed by atoms with Gasteiger partial charge in [-0.1, -0.05) is 41.1 Å². The third-order valence-electron chi connectivity index (χ3n) is 2.48. The molecule has 1 aliphatic carbocycles. The fourth-order valence-corrected chi connectivity index (χ4v) is 3.48. The van der Waals surface area contributed by atoms with E-state index in [4.69, 9.17) is 0 Å². The van der Waals surface area contributed by atoms with E-state index >= 15 is 0 Å². The summed E-state index contributed by atoms with van der Waals surface area (Å²) in [7, 11) is 3.77. The minimum absolute atomic E-state index is 1.03. The first kappa shape index (κ1) is 11.4. The van der Waals surface area contributed by atoms with Gasteiger partial charge >= 0.3 is 0 Å². The van der Waals surface area contributed by atoms with Crippen molar-refractivity contribution in [3.05, 3.63) is 35.9 Å². The fraction of sp³-hybridized carbons (Fsp3) is 0.500. The maximum atomic E-state index is 3.40. The Morgan fingerprint density at radius 2 is 2.00 bits per heavy atom. The van der Waals surface area contributed by atoms with Crippen LogP contribution in [0, 0.1) is 5.92 Å². The Balaban J connectivity index is 1.47. The summed E-state index contributed by atoms with van der Waals surface area (Å²) in [5, 5.41) is 0. The summed E-state index contributed by atoms with van der Waals surface area (Å²) in [4.78, 5) is 0. The van der Waals surface area contributed by atoms with Crippen LogP contribution in [0.4, 0.5) is 0 Å². The van der Waals surface area contributed by atoms with Gasteiger partial charge in [0.25, 0.3) is 0 Å². The zero-order valence-corrected chi connectivity index (χ0v) is 10.4. The lowest BCUT2D eigenvalue weighted by Crippen LogP contribution is -2.07. The van der Waals surface area contributed by atoms with Crippen LogP contribution in [0.3, 0.4) is 0 Å². The van der Waals surface area contributed by atoms with Gasteiger partial charge in [-0.2, -0.15) is 0 Å². The third-order valence-corrected chi connectivity index (χ3v) is 4.64. The van der Waals surface area contributed by atoms with Crippen LogP contribution >= 0.6 is 21.8 Å². The molecule has 0 unspecified atom stereocenters. The van der Waals surface area contributed by atoms with Gasteiger partial charge in [0.1, 0.15) is 0 Å². The summed E-state index contributed by atoms with van der Waals surface area (Å²) < 4.78 is 3.40. The number of hydrogen-bond donors (Lipinski definition) is 1. The summed E-state index contributed by atoms with van der Waals surface area (Å²) in [6, 6.07) is 10.6. The number of hydrogen-bond acceptors (Lipinski definition) is 3. The molecule has 0 heterocycles. The molecule has 0 atom stereocenters. The number of rotatable bonds is 7. The predicted molar refractivity (Wildman–Crippen MR) is 70.9 cm³/mol. The van der Waals surface area contributed by atoms with Crippen LogP contribution in [0.15, 0.2) is 30.3 Å². The summed E-state index contributed by atoms with van der Waals surface area (Å²) >= 11 is 0. The van der Waals surface area contributed by atoms with Gasteiger partial charge in [-0.05, 0) is 41.7 Å². The van der Waals surface area contributed by atoms with E-state index in [2.05, 4.69) is 35.1 Å². The molecule has 1 aromatic carbocycles. The maximum Gasteiger partial charge on any atom is 0.0107 e. The molecule has 2 rings (SSSR count). The highest BCUT2D eigenvalue weighted by Crippen LogP contribution is 2.35. The molecule has 82 valence electrons. The second-order valence-corrected chi connectivity index (χ2v) is 6.17. The summed E-state index contributed by atoms with van der Waals surface area (Å²) in [5.74, 6) is 2.35. The largest absolute Gasteiger partial charge is 0.254 e. The lowest BCUT2D eigenvalue weighted by Gasteiger charge is -2.03. The van der Waals surface area contributed by atoms with E-state index in [0.29, 0.717) is 0 Å². The van der Waals surface area contributed by atoms with Crippen LogP contribution in [0.1, 0.15) is 18.4 Å². The second kappa shape index (κ2) is 6.46. The molecule has 0 radical (unpaired) electrons. The van der Waals surface area contributed by atoms with Gasteiger partial charge in [-0.25, -0.2) is 0 Å². The average molecular weight is 239 g/mol. The van der Waals surface area contributed by atoms with E-state index in [1.807, 2.05) is 21.8 Å². The molecule has 1 aromatic rings. The molecular weight excluding hydrogens is 222 g/mol. The van der Waals surface area contributed by atoms with Crippen molar-refractivity contribution in [3.63, 3.8) is 0 Å². The Morgan fingerprint density at radius 1 is 1.20 bits per heavy atom. The Kier molecular flexibility index (Phi) is 4.90. The number of benzene rings is 1. The second-order valence-electron chi connectivity index (χ2n) is 3.94. The van der Waals surface area contributed by atoms with E-state index < -0.39 is 0 Å². The minimum atomic E-state index is 1.03. The fourth-order valence-electron chi connectivity index (χ4n) is 1.34. The molecule has 0 spiro atoms. The van der Waals surface area contributed by atoms with Crippen LogP contribution in [-0.4, -0.2) is 12.3 Å². The molecule has 3 heteroatoms. The smallest absolute Gasteiger partial charge is 0.0107 e. The molecule has 0 bridgehead atoms. The van der Waals surface area contributed by atoms with E-state index in [1.54, 1.807) is 0 Å². The van der Waals surface area contributed by atoms with Gasteiger partial charge in [0.05, 0.1) is 0 Å². The number of nitrogens with one attached hydrogen (secondary N) is 1. The van der Waals surface area contributed by atoms with Crippen LogP contribution in [0.25, 0.3) is 0 Å². The normalized spacial score (nSPS) is 15.5. The van der Waals surface area contributed by atoms with Crippen LogP contribution in [0.2, 0.25) is 0 Å². The van der Waals surface area contributed by atoms with E-state index in [-0.39, 0.29) is 0 Å². The summed E-state index contributed by atoms with van der Waals surface area (Å²) in [6.45, 7) is 1.06. The van der Waals surface area contributed by atoms with Crippen molar-refractivity contribution in [1.82, 2.24) is 4.72 Å². The lowest BCUT2D eigenvalue weighted by atomic mass is 10.2. The Labute approximate surface area is 99.9 Å². The quantitative estimate of drug-likeness (QED) is 0.444. The van der Waals surface area contributed by atoms with Crippen molar-refractivity contribution < 1.29 is 0 Å². The molecular formula is C12H17NS2. The van der Waals surface area contributed by atoms with Gasteiger partial charge in [-0.3, -0.25) is 4.72 Å². The molecule has 1 aliphatic rings. The zero-order valence-electron chi connectivity index (χ0n) is 8.82. The molecule has 1 nitrogen and oxygen atoms in total. The van der Waals surface area contributed by atoms with Gasteiger partial charge in [0.2, 0.25) is 0 Å². The molecule has 1 N–H and O–H groups in total. The van der Waals surface area contributed by atoms with Crippen LogP contribution < -0.4 is 4.72 Å². The average Bonchev–Trinajstić information content (AvgIpc) is 3.09. The first-order chi connectivity index (χ1) is 7.45. The molecule has 0 aliphatic heterocycles. The molecule has 1 saturated carbocycles. The van der Waals surface area contributed by atoms with Gasteiger partial charge in [0, 0.05) is 12.3 Å². The van der Waals surface area contributed by atoms with Crippen LogP contribution in [0.5, 0.6) is 0 Å². The Hall–Kier alpha value is -0.120. The third kappa shape index (κ3) is 4.96. The van der Waals surface area contributed by atoms with Crippen molar-refractivity contribution in [2.24, 2.45) is 5.92 Å². The summed E-state index contributed by atoms with van der Waals surface area (Å²) in [5.41, 5.74) is 1.41. The summed E-state index contributed by atoms with van der Waals surface area (Å²) in [6.07, 6.45) is 4.03. The van der Waals surface area contributed by atoms with Gasteiger partial charge in [0.15, 0.2) is 0 Å².